The van der Waals surface area contributed by atoms with Gasteiger partial charge < -0.3 is 9.73 Å². The number of carbonyl (C=O) groups is 1. The normalized spacial score (nSPS) is 10.7. The van der Waals surface area contributed by atoms with Crippen LogP contribution in [0.1, 0.15) is 28.6 Å². The molecule has 3 rings (SSSR count). The second-order valence-corrected chi connectivity index (χ2v) is 5.48. The average Bonchev–Trinajstić information content (AvgIpc) is 2.51. The number of anilines is 1. The van der Waals surface area contributed by atoms with Gasteiger partial charge in [0.15, 0.2) is 5.78 Å². The fourth-order valence-electron chi connectivity index (χ4n) is 2.72. The minimum atomic E-state index is -0.599. The number of aryl methyl sites for hydroxylation is 1. The summed E-state index contributed by atoms with van der Waals surface area (Å²) in [5.74, 6) is 0.166. The summed E-state index contributed by atoms with van der Waals surface area (Å²) in [7, 11) is 0. The van der Waals surface area contributed by atoms with Crippen molar-refractivity contribution in [1.82, 2.24) is 0 Å². The molecule has 116 valence electrons. The van der Waals surface area contributed by atoms with Gasteiger partial charge in [-0.05, 0) is 30.2 Å². The van der Waals surface area contributed by atoms with Crippen LogP contribution in [0.4, 0.5) is 5.69 Å². The molecule has 0 spiro atoms. The second-order valence-electron chi connectivity index (χ2n) is 5.48. The Bertz CT molecular complexity index is 935. The molecule has 0 aliphatic carbocycles. The third-order valence-electron chi connectivity index (χ3n) is 3.78. The zero-order chi connectivity index (χ0) is 16.4. The van der Waals surface area contributed by atoms with E-state index in [9.17, 15) is 9.59 Å². The number of benzene rings is 2. The summed E-state index contributed by atoms with van der Waals surface area (Å²) in [5.41, 5.74) is 1.08. The van der Waals surface area contributed by atoms with E-state index in [-0.39, 0.29) is 11.3 Å². The topological polar surface area (TPSA) is 59.3 Å². The lowest BCUT2D eigenvalue weighted by Gasteiger charge is -2.12. The molecule has 0 aliphatic rings. The minimum absolute atomic E-state index is 0.0656. The first-order chi connectivity index (χ1) is 11.1. The predicted molar refractivity (Wildman–Crippen MR) is 91.0 cm³/mol. The number of hydrogen-bond donors (Lipinski definition) is 1. The number of rotatable bonds is 4. The largest absolute Gasteiger partial charge is 0.428 e. The van der Waals surface area contributed by atoms with Gasteiger partial charge in [0.05, 0.1) is 5.69 Å². The van der Waals surface area contributed by atoms with Crippen LogP contribution in [0.25, 0.3) is 10.8 Å². The Kier molecular flexibility index (Phi) is 3.98. The van der Waals surface area contributed by atoms with E-state index < -0.39 is 5.63 Å². The molecule has 23 heavy (non-hydrogen) atoms. The molecule has 1 aromatic heterocycles. The van der Waals surface area contributed by atoms with Crippen molar-refractivity contribution in [3.8, 4) is 0 Å². The average molecular weight is 307 g/mol. The Morgan fingerprint density at radius 1 is 1.13 bits per heavy atom. The highest BCUT2D eigenvalue weighted by atomic mass is 16.4. The van der Waals surface area contributed by atoms with Crippen LogP contribution in [-0.4, -0.2) is 5.78 Å². The smallest absolute Gasteiger partial charge is 0.348 e. The molecule has 0 radical (unpaired) electrons. The van der Waals surface area contributed by atoms with Gasteiger partial charge in [0.2, 0.25) is 0 Å². The molecule has 0 atom stereocenters. The fraction of sp³-hybridized carbons (Fsp3) is 0.158. The molecule has 0 aliphatic heterocycles. The SMILES string of the molecule is CC(=O)c1c(NCc2cccc3ccccc23)cc(C)oc1=O. The van der Waals surface area contributed by atoms with E-state index in [0.717, 1.165) is 16.3 Å². The molecular formula is C19H17NO3. The van der Waals surface area contributed by atoms with Gasteiger partial charge in [-0.1, -0.05) is 42.5 Å². The van der Waals surface area contributed by atoms with Crippen LogP contribution in [0.3, 0.4) is 0 Å². The maximum atomic E-state index is 11.9. The van der Waals surface area contributed by atoms with Gasteiger partial charge in [-0.3, -0.25) is 4.79 Å². The van der Waals surface area contributed by atoms with Crippen molar-refractivity contribution in [1.29, 1.82) is 0 Å². The van der Waals surface area contributed by atoms with E-state index in [1.165, 1.54) is 6.92 Å². The molecule has 0 amide bonds. The van der Waals surface area contributed by atoms with Crippen molar-refractivity contribution in [3.05, 3.63) is 75.8 Å². The van der Waals surface area contributed by atoms with Crippen LogP contribution in [-0.2, 0) is 6.54 Å². The maximum Gasteiger partial charge on any atom is 0.348 e. The summed E-state index contributed by atoms with van der Waals surface area (Å²) in [4.78, 5) is 23.6. The molecule has 0 saturated carbocycles. The maximum absolute atomic E-state index is 11.9. The highest BCUT2D eigenvalue weighted by Crippen LogP contribution is 2.21. The third kappa shape index (κ3) is 3.01. The quantitative estimate of drug-likeness (QED) is 0.742. The summed E-state index contributed by atoms with van der Waals surface area (Å²) in [5, 5.41) is 5.50. The van der Waals surface area contributed by atoms with Crippen LogP contribution >= 0.6 is 0 Å². The molecule has 0 fully saturated rings. The lowest BCUT2D eigenvalue weighted by Crippen LogP contribution is -2.16. The first-order valence-electron chi connectivity index (χ1n) is 7.42. The highest BCUT2D eigenvalue weighted by Gasteiger charge is 2.15. The number of nitrogens with one attached hydrogen (secondary N) is 1. The number of ketones is 1. The van der Waals surface area contributed by atoms with Gasteiger partial charge in [0, 0.05) is 12.6 Å². The minimum Gasteiger partial charge on any atom is -0.428 e. The second kappa shape index (κ2) is 6.08. The zero-order valence-corrected chi connectivity index (χ0v) is 13.1. The molecular weight excluding hydrogens is 290 g/mol. The first kappa shape index (κ1) is 15.0. The van der Waals surface area contributed by atoms with Gasteiger partial charge in [-0.2, -0.15) is 0 Å². The first-order valence-corrected chi connectivity index (χ1v) is 7.42. The molecule has 1 heterocycles. The number of fused-ring (bicyclic) bond motifs is 1. The van der Waals surface area contributed by atoms with Gasteiger partial charge in [0.1, 0.15) is 11.3 Å². The Morgan fingerprint density at radius 2 is 1.87 bits per heavy atom. The predicted octanol–water partition coefficient (Wildman–Crippen LogP) is 3.92. The van der Waals surface area contributed by atoms with Crippen molar-refractivity contribution in [2.75, 3.05) is 5.32 Å². The molecule has 0 unspecified atom stereocenters. The summed E-state index contributed by atoms with van der Waals surface area (Å²) in [6.07, 6.45) is 0. The molecule has 3 aromatic rings. The Hall–Kier alpha value is -2.88. The van der Waals surface area contributed by atoms with Crippen molar-refractivity contribution in [2.24, 2.45) is 0 Å². The standard InChI is InChI=1S/C19H17NO3/c1-12-10-17(18(13(2)21)19(22)23-12)20-11-15-8-5-7-14-6-3-4-9-16(14)15/h3-10,20H,11H2,1-2H3. The molecule has 2 aromatic carbocycles. The van der Waals surface area contributed by atoms with Crippen LogP contribution in [0, 0.1) is 6.92 Å². The van der Waals surface area contributed by atoms with Gasteiger partial charge >= 0.3 is 5.63 Å². The molecule has 0 saturated heterocycles. The lowest BCUT2D eigenvalue weighted by atomic mass is 10.0. The Morgan fingerprint density at radius 3 is 2.65 bits per heavy atom. The van der Waals surface area contributed by atoms with E-state index in [4.69, 9.17) is 4.42 Å². The zero-order valence-electron chi connectivity index (χ0n) is 13.1. The van der Waals surface area contributed by atoms with Crippen molar-refractivity contribution < 1.29 is 9.21 Å². The Labute approximate surface area is 133 Å². The van der Waals surface area contributed by atoms with Crippen molar-refractivity contribution in [3.63, 3.8) is 0 Å². The van der Waals surface area contributed by atoms with Crippen LogP contribution in [0.15, 0.2) is 57.7 Å². The highest BCUT2D eigenvalue weighted by molar-refractivity contribution is 5.99. The molecule has 4 nitrogen and oxygen atoms in total. The fourth-order valence-corrected chi connectivity index (χ4v) is 2.72. The van der Waals surface area contributed by atoms with Gasteiger partial charge in [0.25, 0.3) is 0 Å². The summed E-state index contributed by atoms with van der Waals surface area (Å²) in [6.45, 7) is 3.57. The van der Waals surface area contributed by atoms with Crippen LogP contribution < -0.4 is 10.9 Å². The van der Waals surface area contributed by atoms with Crippen molar-refractivity contribution in [2.45, 2.75) is 20.4 Å². The van der Waals surface area contributed by atoms with Gasteiger partial charge in [-0.15, -0.1) is 0 Å². The summed E-state index contributed by atoms with van der Waals surface area (Å²) < 4.78 is 5.02. The van der Waals surface area contributed by atoms with Crippen LogP contribution in [0.5, 0.6) is 0 Å². The summed E-state index contributed by atoms with van der Waals surface area (Å²) in [6, 6.07) is 15.9. The molecule has 4 heteroatoms. The van der Waals surface area contributed by atoms with Gasteiger partial charge in [-0.25, -0.2) is 4.79 Å². The Balaban J connectivity index is 1.97. The van der Waals surface area contributed by atoms with E-state index in [1.54, 1.807) is 13.0 Å². The van der Waals surface area contributed by atoms with E-state index in [2.05, 4.69) is 23.5 Å². The monoisotopic (exact) mass is 307 g/mol. The molecule has 1 N–H and O–H groups in total. The third-order valence-corrected chi connectivity index (χ3v) is 3.78. The number of Topliss-reactive ketones (excluding diaryl/α,β-unsaturated/α-hetero) is 1. The van der Waals surface area contributed by atoms with E-state index in [0.29, 0.717) is 18.0 Å². The van der Waals surface area contributed by atoms with E-state index in [1.807, 2.05) is 24.3 Å². The number of carbonyl (C=O) groups excluding carboxylic acids is 1. The molecule has 0 bridgehead atoms. The van der Waals surface area contributed by atoms with Crippen LogP contribution in [0.2, 0.25) is 0 Å². The summed E-state index contributed by atoms with van der Waals surface area (Å²) >= 11 is 0. The lowest BCUT2D eigenvalue weighted by molar-refractivity contribution is 0.101. The van der Waals surface area contributed by atoms with E-state index >= 15 is 0 Å². The van der Waals surface area contributed by atoms with Crippen molar-refractivity contribution >= 4 is 22.2 Å². The number of hydrogen-bond acceptors (Lipinski definition) is 4.